The summed E-state index contributed by atoms with van der Waals surface area (Å²) in [6.07, 6.45) is 2.29. The van der Waals surface area contributed by atoms with Gasteiger partial charge in [0.1, 0.15) is 16.3 Å². The minimum atomic E-state index is -3.84. The van der Waals surface area contributed by atoms with E-state index in [-0.39, 0.29) is 40.6 Å². The Morgan fingerprint density at radius 3 is 2.52 bits per heavy atom. The monoisotopic (exact) mass is 440 g/mol. The van der Waals surface area contributed by atoms with Crippen LogP contribution in [-0.2, 0) is 21.4 Å². The molecule has 0 saturated carbocycles. The van der Waals surface area contributed by atoms with E-state index in [9.17, 15) is 18.0 Å². The largest absolute Gasteiger partial charge is 0.352 e. The van der Waals surface area contributed by atoms with Crippen molar-refractivity contribution >= 4 is 37.5 Å². The van der Waals surface area contributed by atoms with E-state index in [4.69, 9.17) is 0 Å². The number of thiophene rings is 1. The number of amides is 1. The first kappa shape index (κ1) is 21.9. The van der Waals surface area contributed by atoms with Crippen molar-refractivity contribution in [2.24, 2.45) is 11.8 Å². The zero-order chi connectivity index (χ0) is 21.5. The third-order valence-electron chi connectivity index (χ3n) is 5.00. The number of piperidine rings is 1. The van der Waals surface area contributed by atoms with E-state index in [1.807, 2.05) is 27.7 Å². The van der Waals surface area contributed by atoms with Gasteiger partial charge in [0, 0.05) is 24.0 Å². The fraction of sp³-hybridized carbons (Fsp3) is 0.632. The maximum absolute atomic E-state index is 13.5. The number of aromatic nitrogens is 2. The van der Waals surface area contributed by atoms with Gasteiger partial charge in [-0.15, -0.1) is 11.3 Å². The molecule has 1 aliphatic rings. The van der Waals surface area contributed by atoms with Crippen LogP contribution < -0.4 is 10.9 Å². The Labute approximate surface area is 175 Å². The standard InChI is InChI=1S/C19H28N4O4S2/c1-11(2)21-15(24)9-22-10-20-18-16(19(22)25)17(14(5)28-18)29(26,27)23-7-12(3)6-13(4)8-23/h10-13H,6-9H2,1-5H3,(H,21,24). The smallest absolute Gasteiger partial charge is 0.263 e. The van der Waals surface area contributed by atoms with Crippen molar-refractivity contribution in [3.63, 3.8) is 0 Å². The van der Waals surface area contributed by atoms with Crippen molar-refractivity contribution in [1.82, 2.24) is 19.2 Å². The summed E-state index contributed by atoms with van der Waals surface area (Å²) >= 11 is 1.19. The van der Waals surface area contributed by atoms with Crippen molar-refractivity contribution < 1.29 is 13.2 Å². The van der Waals surface area contributed by atoms with E-state index in [0.29, 0.717) is 22.8 Å². The lowest BCUT2D eigenvalue weighted by Gasteiger charge is -2.34. The molecule has 1 N–H and O–H groups in total. The summed E-state index contributed by atoms with van der Waals surface area (Å²) in [5.41, 5.74) is -0.505. The third-order valence-corrected chi connectivity index (χ3v) is 8.14. The Balaban J connectivity index is 2.08. The summed E-state index contributed by atoms with van der Waals surface area (Å²) < 4.78 is 29.6. The summed E-state index contributed by atoms with van der Waals surface area (Å²) in [5, 5.41) is 2.81. The average molecular weight is 441 g/mol. The number of carbonyl (C=O) groups excluding carboxylic acids is 1. The van der Waals surface area contributed by atoms with Crippen LogP contribution >= 0.6 is 11.3 Å². The molecule has 3 heterocycles. The van der Waals surface area contributed by atoms with Crippen molar-refractivity contribution in [2.75, 3.05) is 13.1 Å². The van der Waals surface area contributed by atoms with Crippen LogP contribution in [0.5, 0.6) is 0 Å². The second-order valence-corrected chi connectivity index (χ2v) is 11.4. The topological polar surface area (TPSA) is 101 Å². The molecular weight excluding hydrogens is 412 g/mol. The van der Waals surface area contributed by atoms with Gasteiger partial charge in [-0.25, -0.2) is 13.4 Å². The highest BCUT2D eigenvalue weighted by Gasteiger charge is 2.35. The van der Waals surface area contributed by atoms with E-state index in [1.165, 1.54) is 26.5 Å². The van der Waals surface area contributed by atoms with E-state index in [1.54, 1.807) is 6.92 Å². The lowest BCUT2D eigenvalue weighted by atomic mass is 9.94. The van der Waals surface area contributed by atoms with Crippen LogP contribution in [-0.4, -0.2) is 47.3 Å². The molecule has 2 unspecified atom stereocenters. The van der Waals surface area contributed by atoms with Gasteiger partial charge in [-0.3, -0.25) is 14.2 Å². The van der Waals surface area contributed by atoms with Crippen molar-refractivity contribution in [1.29, 1.82) is 0 Å². The molecule has 2 atom stereocenters. The van der Waals surface area contributed by atoms with Crippen LogP contribution in [0, 0.1) is 18.8 Å². The van der Waals surface area contributed by atoms with E-state index >= 15 is 0 Å². The Morgan fingerprint density at radius 2 is 1.93 bits per heavy atom. The molecule has 29 heavy (non-hydrogen) atoms. The van der Waals surface area contributed by atoms with Crippen molar-refractivity contribution in [3.8, 4) is 0 Å². The number of aryl methyl sites for hydroxylation is 1. The van der Waals surface area contributed by atoms with Gasteiger partial charge in [-0.2, -0.15) is 4.31 Å². The number of fused-ring (bicyclic) bond motifs is 1. The van der Waals surface area contributed by atoms with Crippen molar-refractivity contribution in [3.05, 3.63) is 21.6 Å². The summed E-state index contributed by atoms with van der Waals surface area (Å²) in [5.74, 6) is 0.194. The second-order valence-electron chi connectivity index (χ2n) is 8.34. The molecule has 2 aromatic rings. The molecule has 1 saturated heterocycles. The molecule has 0 spiro atoms. The van der Waals surface area contributed by atoms with Gasteiger partial charge < -0.3 is 5.32 Å². The first-order valence-electron chi connectivity index (χ1n) is 9.78. The quantitative estimate of drug-likeness (QED) is 0.766. The third kappa shape index (κ3) is 4.39. The first-order valence-corrected chi connectivity index (χ1v) is 12.0. The Bertz CT molecular complexity index is 1080. The van der Waals surface area contributed by atoms with Crippen LogP contribution in [0.2, 0.25) is 0 Å². The minimum Gasteiger partial charge on any atom is -0.352 e. The summed E-state index contributed by atoms with van der Waals surface area (Å²) in [6, 6.07) is -0.0581. The zero-order valence-corrected chi connectivity index (χ0v) is 19.1. The Morgan fingerprint density at radius 1 is 1.31 bits per heavy atom. The molecule has 8 nitrogen and oxygen atoms in total. The summed E-state index contributed by atoms with van der Waals surface area (Å²) in [6.45, 7) is 10.1. The maximum Gasteiger partial charge on any atom is 0.263 e. The van der Waals surface area contributed by atoms with Crippen molar-refractivity contribution in [2.45, 2.75) is 58.5 Å². The number of sulfonamides is 1. The molecule has 3 rings (SSSR count). The predicted octanol–water partition coefficient (Wildman–Crippen LogP) is 1.96. The summed E-state index contributed by atoms with van der Waals surface area (Å²) in [7, 11) is -3.84. The number of nitrogens with zero attached hydrogens (tertiary/aromatic N) is 3. The van der Waals surface area contributed by atoms with Crippen LogP contribution in [0.1, 0.15) is 39.0 Å². The maximum atomic E-state index is 13.5. The fourth-order valence-electron chi connectivity index (χ4n) is 3.99. The lowest BCUT2D eigenvalue weighted by molar-refractivity contribution is -0.122. The normalized spacial score (nSPS) is 21.0. The molecule has 0 radical (unpaired) electrons. The fourth-order valence-corrected chi connectivity index (χ4v) is 7.34. The highest BCUT2D eigenvalue weighted by Crippen LogP contribution is 2.35. The number of rotatable bonds is 5. The molecule has 2 aromatic heterocycles. The number of hydrogen-bond acceptors (Lipinski definition) is 6. The molecule has 0 bridgehead atoms. The molecule has 0 aliphatic carbocycles. The van der Waals surface area contributed by atoms with E-state index < -0.39 is 15.6 Å². The highest BCUT2D eigenvalue weighted by molar-refractivity contribution is 7.89. The molecule has 1 fully saturated rings. The van der Waals surface area contributed by atoms with Gasteiger partial charge >= 0.3 is 0 Å². The van der Waals surface area contributed by atoms with Crippen LogP contribution in [0.25, 0.3) is 10.2 Å². The lowest BCUT2D eigenvalue weighted by Crippen LogP contribution is -2.43. The van der Waals surface area contributed by atoms with Crippen LogP contribution in [0.4, 0.5) is 0 Å². The molecule has 0 aromatic carbocycles. The number of nitrogens with one attached hydrogen (secondary N) is 1. The number of carbonyl (C=O) groups is 1. The molecule has 1 aliphatic heterocycles. The summed E-state index contributed by atoms with van der Waals surface area (Å²) in [4.78, 5) is 30.4. The molecule has 160 valence electrons. The van der Waals surface area contributed by atoms with Gasteiger partial charge in [0.15, 0.2) is 0 Å². The van der Waals surface area contributed by atoms with Gasteiger partial charge in [0.05, 0.1) is 11.7 Å². The van der Waals surface area contributed by atoms with Crippen LogP contribution in [0.15, 0.2) is 16.0 Å². The number of hydrogen-bond donors (Lipinski definition) is 1. The molecule has 10 heteroatoms. The van der Waals surface area contributed by atoms with Gasteiger partial charge in [0.25, 0.3) is 5.56 Å². The Hall–Kier alpha value is -1.78. The zero-order valence-electron chi connectivity index (χ0n) is 17.4. The predicted molar refractivity (Wildman–Crippen MR) is 114 cm³/mol. The second kappa shape index (κ2) is 8.16. The van der Waals surface area contributed by atoms with E-state index in [2.05, 4.69) is 10.3 Å². The van der Waals surface area contributed by atoms with Gasteiger partial charge in [0.2, 0.25) is 15.9 Å². The van der Waals surface area contributed by atoms with Crippen LogP contribution in [0.3, 0.4) is 0 Å². The molecule has 1 amide bonds. The Kier molecular flexibility index (Phi) is 6.16. The average Bonchev–Trinajstić information content (AvgIpc) is 2.93. The first-order chi connectivity index (χ1) is 13.5. The minimum absolute atomic E-state index is 0.0370. The SMILES string of the molecule is Cc1sc2ncn(CC(=O)NC(C)C)c(=O)c2c1S(=O)(=O)N1CC(C)CC(C)C1. The molecular formula is C19H28N4O4S2. The van der Waals surface area contributed by atoms with E-state index in [0.717, 1.165) is 6.42 Å². The van der Waals surface area contributed by atoms with Gasteiger partial charge in [-0.05, 0) is 39.0 Å². The van der Waals surface area contributed by atoms with Gasteiger partial charge in [-0.1, -0.05) is 13.8 Å². The highest BCUT2D eigenvalue weighted by atomic mass is 32.2.